The molecular weight excluding hydrogens is 248 g/mol. The molecular formula is C8H7BF5NO2. The summed E-state index contributed by atoms with van der Waals surface area (Å²) in [5.74, 6) is -5.18. The number of anilines is 1. The molecule has 94 valence electrons. The van der Waals surface area contributed by atoms with E-state index in [-0.39, 0.29) is 5.69 Å². The number of halogens is 5. The van der Waals surface area contributed by atoms with Gasteiger partial charge in [0.25, 0.3) is 0 Å². The summed E-state index contributed by atoms with van der Waals surface area (Å²) in [6.07, 6.45) is -5.83. The Bertz CT molecular complexity index is 421. The van der Waals surface area contributed by atoms with Crippen molar-refractivity contribution >= 4 is 18.3 Å². The van der Waals surface area contributed by atoms with Crippen molar-refractivity contribution in [3.63, 3.8) is 0 Å². The first-order valence-corrected chi connectivity index (χ1v) is 4.28. The first-order chi connectivity index (χ1) is 7.57. The second kappa shape index (κ2) is 4.15. The average Bonchev–Trinajstić information content (AvgIpc) is 2.15. The monoisotopic (exact) mass is 255 g/mol. The fourth-order valence-corrected chi connectivity index (χ4v) is 1.23. The van der Waals surface area contributed by atoms with Crippen LogP contribution in [0.25, 0.3) is 0 Å². The van der Waals surface area contributed by atoms with Crippen LogP contribution in [0.3, 0.4) is 0 Å². The molecule has 0 aliphatic carbocycles. The highest BCUT2D eigenvalue weighted by Gasteiger charge is 2.59. The van der Waals surface area contributed by atoms with Gasteiger partial charge < -0.3 is 15.8 Å². The normalized spacial score (nSPS) is 12.6. The van der Waals surface area contributed by atoms with Crippen LogP contribution in [0.2, 0.25) is 0 Å². The molecule has 1 aromatic carbocycles. The van der Waals surface area contributed by atoms with Crippen LogP contribution in [-0.4, -0.2) is 23.3 Å². The summed E-state index contributed by atoms with van der Waals surface area (Å²) in [5.41, 5.74) is 2.50. The third-order valence-electron chi connectivity index (χ3n) is 2.05. The molecule has 0 heterocycles. The van der Waals surface area contributed by atoms with E-state index in [4.69, 9.17) is 15.8 Å². The number of rotatable bonds is 2. The first kappa shape index (κ1) is 13.7. The lowest BCUT2D eigenvalue weighted by Crippen LogP contribution is -2.43. The second-order valence-corrected chi connectivity index (χ2v) is 3.29. The molecule has 0 unspecified atom stereocenters. The third-order valence-corrected chi connectivity index (χ3v) is 2.05. The van der Waals surface area contributed by atoms with E-state index < -0.39 is 30.2 Å². The topological polar surface area (TPSA) is 66.5 Å². The van der Waals surface area contributed by atoms with Gasteiger partial charge in [-0.1, -0.05) is 6.07 Å². The van der Waals surface area contributed by atoms with E-state index in [9.17, 15) is 22.0 Å². The lowest BCUT2D eigenvalue weighted by molar-refractivity contribution is -0.289. The smallest absolute Gasteiger partial charge is 0.423 e. The number of hydrogen-bond acceptors (Lipinski definition) is 3. The zero-order valence-corrected chi connectivity index (χ0v) is 8.17. The van der Waals surface area contributed by atoms with Crippen LogP contribution in [0, 0.1) is 0 Å². The summed E-state index contributed by atoms with van der Waals surface area (Å²) < 4.78 is 62.4. The van der Waals surface area contributed by atoms with Crippen molar-refractivity contribution in [3.05, 3.63) is 23.8 Å². The summed E-state index contributed by atoms with van der Waals surface area (Å²) >= 11 is 0. The molecule has 0 atom stereocenters. The molecule has 1 aromatic rings. The minimum Gasteiger partial charge on any atom is -0.423 e. The lowest BCUT2D eigenvalue weighted by atomic mass is 9.75. The van der Waals surface area contributed by atoms with Gasteiger partial charge in [-0.25, -0.2) is 0 Å². The lowest BCUT2D eigenvalue weighted by Gasteiger charge is -2.22. The second-order valence-electron chi connectivity index (χ2n) is 3.29. The molecule has 4 N–H and O–H groups in total. The molecule has 0 saturated heterocycles. The Morgan fingerprint density at radius 3 is 2.00 bits per heavy atom. The van der Waals surface area contributed by atoms with Crippen molar-refractivity contribution in [1.82, 2.24) is 0 Å². The molecule has 17 heavy (non-hydrogen) atoms. The van der Waals surface area contributed by atoms with Crippen LogP contribution in [0.5, 0.6) is 0 Å². The molecule has 0 fully saturated rings. The molecule has 9 heteroatoms. The predicted molar refractivity (Wildman–Crippen MR) is 50.6 cm³/mol. The predicted octanol–water partition coefficient (Wildman–Crippen LogP) is 0.603. The van der Waals surface area contributed by atoms with Crippen LogP contribution in [0.4, 0.5) is 27.6 Å². The summed E-state index contributed by atoms with van der Waals surface area (Å²) in [5, 5.41) is 17.5. The van der Waals surface area contributed by atoms with E-state index >= 15 is 0 Å². The van der Waals surface area contributed by atoms with Crippen LogP contribution in [-0.2, 0) is 5.92 Å². The van der Waals surface area contributed by atoms with Gasteiger partial charge >= 0.3 is 19.2 Å². The Hall–Kier alpha value is -1.35. The minimum atomic E-state index is -5.83. The van der Waals surface area contributed by atoms with Crippen LogP contribution in [0.15, 0.2) is 18.2 Å². The average molecular weight is 255 g/mol. The van der Waals surface area contributed by atoms with Crippen molar-refractivity contribution < 1.29 is 32.0 Å². The zero-order valence-electron chi connectivity index (χ0n) is 8.17. The van der Waals surface area contributed by atoms with E-state index in [0.717, 1.165) is 6.07 Å². The van der Waals surface area contributed by atoms with Crippen molar-refractivity contribution in [2.75, 3.05) is 5.73 Å². The number of nitrogen functional groups attached to an aromatic ring is 1. The van der Waals surface area contributed by atoms with Gasteiger partial charge in [-0.3, -0.25) is 0 Å². The van der Waals surface area contributed by atoms with Gasteiger partial charge in [0.15, 0.2) is 0 Å². The highest BCUT2D eigenvalue weighted by atomic mass is 19.4. The molecule has 0 aliphatic rings. The largest absolute Gasteiger partial charge is 0.489 e. The van der Waals surface area contributed by atoms with Gasteiger partial charge in [0, 0.05) is 11.3 Å². The minimum absolute atomic E-state index is 0.158. The van der Waals surface area contributed by atoms with E-state index in [1.807, 2.05) is 0 Å². The maximum atomic E-state index is 13.0. The highest BCUT2D eigenvalue weighted by molar-refractivity contribution is 6.59. The van der Waals surface area contributed by atoms with E-state index in [1.165, 1.54) is 0 Å². The molecule has 0 bridgehead atoms. The zero-order chi connectivity index (χ0) is 13.4. The Labute approximate surface area is 92.8 Å². The van der Waals surface area contributed by atoms with Gasteiger partial charge in [-0.05, 0) is 17.6 Å². The third kappa shape index (κ3) is 2.50. The van der Waals surface area contributed by atoms with Gasteiger partial charge in [-0.15, -0.1) is 0 Å². The molecule has 0 aliphatic heterocycles. The van der Waals surface area contributed by atoms with Crippen molar-refractivity contribution in [3.8, 4) is 0 Å². The SMILES string of the molecule is Nc1ccc(C(F)(F)C(F)(F)F)c(B(O)O)c1. The van der Waals surface area contributed by atoms with Crippen molar-refractivity contribution in [2.45, 2.75) is 12.1 Å². The van der Waals surface area contributed by atoms with Crippen LogP contribution < -0.4 is 11.2 Å². The van der Waals surface area contributed by atoms with E-state index in [0.29, 0.717) is 12.1 Å². The number of nitrogens with two attached hydrogens (primary N) is 1. The molecule has 0 radical (unpaired) electrons. The fraction of sp³-hybridized carbons (Fsp3) is 0.250. The molecule has 1 rings (SSSR count). The molecule has 0 saturated carbocycles. The van der Waals surface area contributed by atoms with Gasteiger partial charge in [0.05, 0.1) is 0 Å². The maximum absolute atomic E-state index is 13.0. The summed E-state index contributed by atoms with van der Waals surface area (Å²) in [6.45, 7) is 0. The Morgan fingerprint density at radius 1 is 1.06 bits per heavy atom. The number of benzene rings is 1. The summed E-state index contributed by atoms with van der Waals surface area (Å²) in [7, 11) is -2.47. The first-order valence-electron chi connectivity index (χ1n) is 4.28. The Morgan fingerprint density at radius 2 is 1.59 bits per heavy atom. The van der Waals surface area contributed by atoms with Crippen molar-refractivity contribution in [1.29, 1.82) is 0 Å². The Balaban J connectivity index is 3.41. The highest BCUT2D eigenvalue weighted by Crippen LogP contribution is 2.43. The Kier molecular flexibility index (Phi) is 3.35. The van der Waals surface area contributed by atoms with Crippen LogP contribution >= 0.6 is 0 Å². The molecule has 0 amide bonds. The van der Waals surface area contributed by atoms with Gasteiger partial charge in [0.2, 0.25) is 0 Å². The molecule has 0 aromatic heterocycles. The van der Waals surface area contributed by atoms with E-state index in [1.54, 1.807) is 0 Å². The maximum Gasteiger partial charge on any atom is 0.489 e. The van der Waals surface area contributed by atoms with Gasteiger partial charge in [-0.2, -0.15) is 22.0 Å². The molecule has 0 spiro atoms. The summed E-state index contributed by atoms with van der Waals surface area (Å²) in [6, 6.07) is 1.89. The quantitative estimate of drug-likeness (QED) is 0.412. The van der Waals surface area contributed by atoms with Gasteiger partial charge in [0.1, 0.15) is 0 Å². The number of hydrogen-bond donors (Lipinski definition) is 3. The fourth-order valence-electron chi connectivity index (χ4n) is 1.23. The van der Waals surface area contributed by atoms with Crippen LogP contribution in [0.1, 0.15) is 5.56 Å². The number of alkyl halides is 5. The molecule has 3 nitrogen and oxygen atoms in total. The summed E-state index contributed by atoms with van der Waals surface area (Å²) in [4.78, 5) is 0. The van der Waals surface area contributed by atoms with Crippen molar-refractivity contribution in [2.24, 2.45) is 0 Å². The van der Waals surface area contributed by atoms with E-state index in [2.05, 4.69) is 0 Å². The standard InChI is InChI=1S/C8H7BF5NO2/c10-7(11,8(12,13)14)5-2-1-4(15)3-6(5)9(16)17/h1-3,16-17H,15H2.